The van der Waals surface area contributed by atoms with Crippen molar-refractivity contribution in [2.45, 2.75) is 112 Å². The summed E-state index contributed by atoms with van der Waals surface area (Å²) in [4.78, 5) is 41.7. The van der Waals surface area contributed by atoms with E-state index in [-0.39, 0.29) is 64.2 Å². The molecule has 6 rings (SSSR count). The van der Waals surface area contributed by atoms with Crippen LogP contribution in [-0.2, 0) is 14.3 Å². The maximum atomic E-state index is 14.2. The normalized spacial score (nSPS) is 34.0. The number of aromatic hydroxyl groups is 1. The molecule has 1 aromatic carbocycles. The molecule has 6 atom stereocenters. The fraction of sp³-hybridized carbons (Fsp3) is 0.676. The molecule has 2 aliphatic carbocycles. The van der Waals surface area contributed by atoms with E-state index in [2.05, 4.69) is 13.8 Å². The Morgan fingerprint density at radius 1 is 0.902 bits per heavy atom. The second-order valence-electron chi connectivity index (χ2n) is 15.2. The van der Waals surface area contributed by atoms with Crippen molar-refractivity contribution < 1.29 is 33.7 Å². The van der Waals surface area contributed by atoms with E-state index in [1.807, 2.05) is 20.8 Å². The summed E-state index contributed by atoms with van der Waals surface area (Å²) in [7, 11) is 0. The molecule has 41 heavy (non-hydrogen) atoms. The quantitative estimate of drug-likeness (QED) is 0.253. The highest BCUT2D eigenvalue weighted by Crippen LogP contribution is 2.68. The molecule has 0 unspecified atom stereocenters. The molecule has 1 saturated heterocycles. The number of Topliss-reactive ketones (excluding diaryl/α,β-unsaturated/α-hetero) is 3. The number of hydrogen-bond donors (Lipinski definition) is 1. The number of phenolic OH excluding ortho intramolecular Hbond substituents is 1. The summed E-state index contributed by atoms with van der Waals surface area (Å²) in [5.41, 5.74) is -1.19. The Morgan fingerprint density at radius 3 is 2.10 bits per heavy atom. The van der Waals surface area contributed by atoms with Crippen molar-refractivity contribution in [1.29, 1.82) is 0 Å². The first-order valence-corrected chi connectivity index (χ1v) is 15.2. The highest BCUT2D eigenvalue weighted by atomic mass is 16.6. The first-order valence-electron chi connectivity index (χ1n) is 15.2. The molecule has 7 nitrogen and oxygen atoms in total. The van der Waals surface area contributed by atoms with Gasteiger partial charge in [0.15, 0.2) is 17.3 Å². The van der Waals surface area contributed by atoms with Crippen LogP contribution in [0.4, 0.5) is 0 Å². The van der Waals surface area contributed by atoms with E-state index in [9.17, 15) is 19.5 Å². The van der Waals surface area contributed by atoms with Crippen molar-refractivity contribution in [1.82, 2.24) is 0 Å². The molecule has 2 fully saturated rings. The maximum Gasteiger partial charge on any atom is 0.175 e. The molecule has 3 aliphatic heterocycles. The summed E-state index contributed by atoms with van der Waals surface area (Å²) in [5.74, 6) is -0.314. The van der Waals surface area contributed by atoms with Crippen LogP contribution < -0.4 is 9.47 Å². The zero-order valence-corrected chi connectivity index (χ0v) is 26.2. The van der Waals surface area contributed by atoms with Crippen LogP contribution in [0.5, 0.6) is 17.2 Å². The molecule has 0 aromatic heterocycles. The van der Waals surface area contributed by atoms with Crippen LogP contribution in [0.1, 0.15) is 116 Å². The molecule has 0 amide bonds. The highest BCUT2D eigenvalue weighted by Gasteiger charge is 2.69. The highest BCUT2D eigenvalue weighted by molar-refractivity contribution is 6.20. The van der Waals surface area contributed by atoms with Crippen molar-refractivity contribution in [2.75, 3.05) is 0 Å². The lowest BCUT2D eigenvalue weighted by atomic mass is 9.59. The molecule has 1 aromatic rings. The van der Waals surface area contributed by atoms with Crippen molar-refractivity contribution in [2.24, 2.45) is 34.5 Å². The Balaban J connectivity index is 1.68. The molecule has 0 bridgehead atoms. The number of ether oxygens (including phenoxy) is 3. The van der Waals surface area contributed by atoms with Gasteiger partial charge in [-0.3, -0.25) is 14.4 Å². The smallest absolute Gasteiger partial charge is 0.175 e. The van der Waals surface area contributed by atoms with Crippen LogP contribution in [0.3, 0.4) is 0 Å². The minimum absolute atomic E-state index is 0.0885. The largest absolute Gasteiger partial charge is 0.507 e. The standard InChI is InChI=1S/C34H44O7/c1-13(2)16-12-17-19-24(36)22(23(35)15(5)6)26-20(27(19)41-34(17,11)30-25(16)39-30)18(14(3)4)21-28(37)32(7,8)31(38)33(9,10)29(21)40-26/h13-18,25,30,36H,12H2,1-11H3/t16-,17-,18+,25-,30-,34+/m1/s1. The number of phenols is 1. The monoisotopic (exact) mass is 564 g/mol. The van der Waals surface area contributed by atoms with Gasteiger partial charge in [-0.15, -0.1) is 0 Å². The average Bonchev–Trinajstić information content (AvgIpc) is 3.62. The zero-order chi connectivity index (χ0) is 30.3. The van der Waals surface area contributed by atoms with Gasteiger partial charge in [0, 0.05) is 34.5 Å². The Labute approximate surface area is 243 Å². The molecule has 222 valence electrons. The number of hydrogen-bond acceptors (Lipinski definition) is 7. The van der Waals surface area contributed by atoms with Gasteiger partial charge in [0.25, 0.3) is 0 Å². The lowest BCUT2D eigenvalue weighted by molar-refractivity contribution is -0.144. The van der Waals surface area contributed by atoms with Gasteiger partial charge in [0.2, 0.25) is 0 Å². The fourth-order valence-corrected chi connectivity index (χ4v) is 8.37. The molecular weight excluding hydrogens is 520 g/mol. The lowest BCUT2D eigenvalue weighted by Crippen LogP contribution is -2.52. The summed E-state index contributed by atoms with van der Waals surface area (Å²) >= 11 is 0. The number of allylic oxidation sites excluding steroid dienone is 2. The van der Waals surface area contributed by atoms with Crippen LogP contribution in [0, 0.1) is 34.5 Å². The summed E-state index contributed by atoms with van der Waals surface area (Å²) in [5, 5.41) is 12.0. The van der Waals surface area contributed by atoms with Gasteiger partial charge >= 0.3 is 0 Å². The number of benzene rings is 1. The van der Waals surface area contributed by atoms with E-state index in [0.717, 1.165) is 6.42 Å². The van der Waals surface area contributed by atoms with E-state index in [4.69, 9.17) is 14.2 Å². The Bertz CT molecular complexity index is 1440. The van der Waals surface area contributed by atoms with Gasteiger partial charge < -0.3 is 19.3 Å². The predicted molar refractivity (Wildman–Crippen MR) is 153 cm³/mol. The van der Waals surface area contributed by atoms with Gasteiger partial charge in [-0.2, -0.15) is 0 Å². The van der Waals surface area contributed by atoms with Crippen LogP contribution in [0.15, 0.2) is 11.3 Å². The SMILES string of the molecule is CC(C)C(=O)c1c(O)c2c(c3c1OC1=C(C(=O)C(C)(C)C(=O)C1(C)C)[C@H]3C(C)C)O[C@@]1(C)[C@@H]2C[C@H](C(C)C)[C@H]2O[C@H]21. The number of fused-ring (bicyclic) bond motifs is 7. The maximum absolute atomic E-state index is 14.2. The van der Waals surface area contributed by atoms with Crippen molar-refractivity contribution >= 4 is 17.3 Å². The molecule has 5 aliphatic rings. The fourth-order valence-electron chi connectivity index (χ4n) is 8.37. The third-order valence-electron chi connectivity index (χ3n) is 10.7. The summed E-state index contributed by atoms with van der Waals surface area (Å²) in [6.07, 6.45) is 0.738. The van der Waals surface area contributed by atoms with E-state index in [1.54, 1.807) is 41.5 Å². The average molecular weight is 565 g/mol. The minimum Gasteiger partial charge on any atom is -0.507 e. The summed E-state index contributed by atoms with van der Waals surface area (Å²) in [6, 6.07) is 0. The van der Waals surface area contributed by atoms with E-state index >= 15 is 0 Å². The number of ketones is 3. The summed E-state index contributed by atoms with van der Waals surface area (Å²) < 4.78 is 19.7. The number of epoxide rings is 1. The van der Waals surface area contributed by atoms with Gasteiger partial charge in [-0.1, -0.05) is 41.5 Å². The van der Waals surface area contributed by atoms with E-state index in [0.29, 0.717) is 34.3 Å². The predicted octanol–water partition coefficient (Wildman–Crippen LogP) is 6.50. The van der Waals surface area contributed by atoms with Crippen LogP contribution >= 0.6 is 0 Å². The second-order valence-corrected chi connectivity index (χ2v) is 15.2. The minimum atomic E-state index is -1.23. The first kappa shape index (κ1) is 28.4. The lowest BCUT2D eigenvalue weighted by Gasteiger charge is -2.46. The number of carbonyl (C=O) groups is 3. The topological polar surface area (TPSA) is 102 Å². The van der Waals surface area contributed by atoms with Gasteiger partial charge in [-0.25, -0.2) is 0 Å². The van der Waals surface area contributed by atoms with E-state index in [1.165, 1.54) is 0 Å². The van der Waals surface area contributed by atoms with Gasteiger partial charge in [0.1, 0.15) is 40.3 Å². The van der Waals surface area contributed by atoms with Crippen molar-refractivity contribution in [3.05, 3.63) is 28.0 Å². The first-order chi connectivity index (χ1) is 18.9. The van der Waals surface area contributed by atoms with Crippen LogP contribution in [0.2, 0.25) is 0 Å². The Hall–Kier alpha value is -2.67. The Kier molecular flexibility index (Phi) is 5.87. The number of rotatable bonds is 4. The summed E-state index contributed by atoms with van der Waals surface area (Å²) in [6.45, 7) is 21.0. The van der Waals surface area contributed by atoms with Crippen molar-refractivity contribution in [3.8, 4) is 17.2 Å². The molecule has 0 radical (unpaired) electrons. The van der Waals surface area contributed by atoms with Crippen molar-refractivity contribution in [3.63, 3.8) is 0 Å². The third-order valence-corrected chi connectivity index (χ3v) is 10.7. The molecular formula is C34H44O7. The van der Waals surface area contributed by atoms with Gasteiger partial charge in [-0.05, 0) is 58.8 Å². The molecule has 3 heterocycles. The molecule has 1 saturated carbocycles. The zero-order valence-electron chi connectivity index (χ0n) is 26.2. The molecule has 0 spiro atoms. The van der Waals surface area contributed by atoms with Gasteiger partial charge in [0.05, 0.1) is 16.9 Å². The third kappa shape index (κ3) is 3.44. The number of carbonyl (C=O) groups excluding carboxylic acids is 3. The van der Waals surface area contributed by atoms with E-state index < -0.39 is 28.3 Å². The molecule has 1 N–H and O–H groups in total. The van der Waals surface area contributed by atoms with Crippen LogP contribution in [0.25, 0.3) is 0 Å². The van der Waals surface area contributed by atoms with Crippen LogP contribution in [-0.4, -0.2) is 40.3 Å². The second kappa shape index (κ2) is 8.46. The Morgan fingerprint density at radius 2 is 1.54 bits per heavy atom. The molecule has 7 heteroatoms.